The largest absolute Gasteiger partial charge is 0.435 e. The highest BCUT2D eigenvalue weighted by Gasteiger charge is 2.64. The van der Waals surface area contributed by atoms with Crippen LogP contribution >= 0.6 is 11.6 Å². The molecule has 2 N–H and O–H groups in total. The molecule has 6 nitrogen and oxygen atoms in total. The molecule has 0 aromatic heterocycles. The second kappa shape index (κ2) is 8.64. The molecule has 4 rings (SSSR count). The Hall–Kier alpha value is -3.35. The molecule has 2 amide bonds. The van der Waals surface area contributed by atoms with Crippen molar-refractivity contribution >= 4 is 29.1 Å². The summed E-state index contributed by atoms with van der Waals surface area (Å²) in [5.74, 6) is -2.67. The molecule has 0 spiro atoms. The van der Waals surface area contributed by atoms with Gasteiger partial charge in [-0.1, -0.05) is 22.8 Å². The predicted molar refractivity (Wildman–Crippen MR) is 112 cm³/mol. The first kappa shape index (κ1) is 25.7. The van der Waals surface area contributed by atoms with Gasteiger partial charge in [-0.15, -0.1) is 0 Å². The van der Waals surface area contributed by atoms with Gasteiger partial charge in [0.2, 0.25) is 5.91 Å². The number of carbonyl (C=O) groups excluding carboxylic acids is 2. The number of nitrogens with zero attached hydrogens (tertiary/aromatic N) is 1. The zero-order valence-corrected chi connectivity index (χ0v) is 18.8. The molecule has 2 aliphatic heterocycles. The highest BCUT2D eigenvalue weighted by Crippen LogP contribution is 2.51. The van der Waals surface area contributed by atoms with Crippen molar-refractivity contribution in [3.63, 3.8) is 0 Å². The van der Waals surface area contributed by atoms with E-state index in [2.05, 4.69) is 20.6 Å². The van der Waals surface area contributed by atoms with E-state index in [1.807, 2.05) is 0 Å². The van der Waals surface area contributed by atoms with Crippen molar-refractivity contribution in [3.05, 3.63) is 69.0 Å². The number of benzene rings is 2. The van der Waals surface area contributed by atoms with Crippen LogP contribution in [-0.2, 0) is 21.4 Å². The molecule has 36 heavy (non-hydrogen) atoms. The third kappa shape index (κ3) is 4.36. The fraction of sp³-hybridized carbons (Fsp3) is 0.318. The van der Waals surface area contributed by atoms with E-state index in [4.69, 9.17) is 11.6 Å². The number of aryl methyl sites for hydroxylation is 1. The van der Waals surface area contributed by atoms with Gasteiger partial charge in [-0.05, 0) is 42.3 Å². The average Bonchev–Trinajstić information content (AvgIpc) is 3.24. The monoisotopic (exact) mass is 537 g/mol. The van der Waals surface area contributed by atoms with Gasteiger partial charge in [0.1, 0.15) is 11.9 Å². The van der Waals surface area contributed by atoms with Gasteiger partial charge in [0.15, 0.2) is 0 Å². The SMILES string of the molecule is Cc1cc(C2=NOC(c3cc(C(F)(F)F)cc(Cl)c3F)(C(F)(F)F)C2)ccc1C(=O)N[C@H]1CNC1=O. The lowest BCUT2D eigenvalue weighted by molar-refractivity contribution is -0.276. The summed E-state index contributed by atoms with van der Waals surface area (Å²) in [6.07, 6.45) is -11.6. The number of nitrogens with one attached hydrogen (secondary N) is 2. The third-order valence-electron chi connectivity index (χ3n) is 5.88. The number of hydrogen-bond donors (Lipinski definition) is 2. The van der Waals surface area contributed by atoms with Crippen molar-refractivity contribution in [2.45, 2.75) is 37.3 Å². The molecule has 2 aromatic carbocycles. The smallest absolute Gasteiger partial charge is 0.374 e. The number of oxime groups is 1. The minimum absolute atomic E-state index is 0.00243. The van der Waals surface area contributed by atoms with Crippen LogP contribution in [0, 0.1) is 12.7 Å². The zero-order valence-electron chi connectivity index (χ0n) is 18.1. The van der Waals surface area contributed by atoms with Crippen molar-refractivity contribution < 1.29 is 45.2 Å². The first-order chi connectivity index (χ1) is 16.6. The summed E-state index contributed by atoms with van der Waals surface area (Å²) in [5, 5.41) is 7.20. The van der Waals surface area contributed by atoms with E-state index in [0.29, 0.717) is 5.56 Å². The van der Waals surface area contributed by atoms with E-state index in [1.165, 1.54) is 25.1 Å². The summed E-state index contributed by atoms with van der Waals surface area (Å²) < 4.78 is 96.9. The Morgan fingerprint density at radius 3 is 2.42 bits per heavy atom. The Labute approximate surface area is 203 Å². The Kier molecular flexibility index (Phi) is 6.18. The van der Waals surface area contributed by atoms with E-state index < -0.39 is 58.3 Å². The first-order valence-corrected chi connectivity index (χ1v) is 10.6. The summed E-state index contributed by atoms with van der Waals surface area (Å²) >= 11 is 5.50. The van der Waals surface area contributed by atoms with Gasteiger partial charge in [0.05, 0.1) is 22.7 Å². The predicted octanol–water partition coefficient (Wildman–Crippen LogP) is 4.62. The minimum Gasteiger partial charge on any atom is -0.374 e. The van der Waals surface area contributed by atoms with Crippen molar-refractivity contribution in [1.82, 2.24) is 10.6 Å². The highest BCUT2D eigenvalue weighted by molar-refractivity contribution is 6.30. The molecule has 2 heterocycles. The van der Waals surface area contributed by atoms with Gasteiger partial charge < -0.3 is 15.5 Å². The van der Waals surface area contributed by atoms with Crippen LogP contribution < -0.4 is 10.6 Å². The van der Waals surface area contributed by atoms with Crippen molar-refractivity contribution in [1.29, 1.82) is 0 Å². The van der Waals surface area contributed by atoms with Crippen LogP contribution in [0.5, 0.6) is 0 Å². The number of hydrogen-bond acceptors (Lipinski definition) is 4. The molecule has 14 heteroatoms. The maximum absolute atomic E-state index is 14.7. The minimum atomic E-state index is -5.38. The summed E-state index contributed by atoms with van der Waals surface area (Å²) in [5.41, 5.74) is -6.44. The van der Waals surface area contributed by atoms with Gasteiger partial charge in [-0.3, -0.25) is 9.59 Å². The first-order valence-electron chi connectivity index (χ1n) is 10.2. The number of β-lactam (4-membered cyclic amide) rings is 1. The molecule has 1 saturated heterocycles. The Bertz CT molecular complexity index is 1290. The number of carbonyl (C=O) groups is 2. The maximum atomic E-state index is 14.7. The van der Waals surface area contributed by atoms with Crippen molar-refractivity contribution in [2.75, 3.05) is 6.54 Å². The van der Waals surface area contributed by atoms with Crippen LogP contribution in [-0.4, -0.2) is 36.3 Å². The molecule has 0 bridgehead atoms. The molecule has 2 atom stereocenters. The molecule has 0 radical (unpaired) electrons. The van der Waals surface area contributed by atoms with Crippen LogP contribution in [0.4, 0.5) is 30.7 Å². The summed E-state index contributed by atoms with van der Waals surface area (Å²) in [4.78, 5) is 28.4. The van der Waals surface area contributed by atoms with E-state index >= 15 is 0 Å². The van der Waals surface area contributed by atoms with Gasteiger partial charge in [0.25, 0.3) is 11.5 Å². The standard InChI is InChI=1S/C22H15ClF7N3O3/c1-9-4-10(2-3-12(9)18(34)32-16-8-31-19(16)35)15-7-20(36-33-15,22(28,29)30)13-5-11(21(25,26)27)6-14(23)17(13)24/h2-6,16H,7-8H2,1H3,(H,31,35)(H,32,34)/t16-,20?/m0/s1. The van der Waals surface area contributed by atoms with Crippen molar-refractivity contribution in [2.24, 2.45) is 5.16 Å². The van der Waals surface area contributed by atoms with Crippen LogP contribution in [0.25, 0.3) is 0 Å². The summed E-state index contributed by atoms with van der Waals surface area (Å²) in [7, 11) is 0. The summed E-state index contributed by atoms with van der Waals surface area (Å²) in [6.45, 7) is 1.74. The zero-order chi connectivity index (χ0) is 26.6. The normalized spacial score (nSPS) is 21.9. The van der Waals surface area contributed by atoms with Crippen LogP contribution in [0.1, 0.15) is 39.0 Å². The van der Waals surface area contributed by atoms with Gasteiger partial charge >= 0.3 is 12.4 Å². The van der Waals surface area contributed by atoms with E-state index in [1.54, 1.807) is 0 Å². The van der Waals surface area contributed by atoms with E-state index in [-0.39, 0.29) is 41.4 Å². The van der Waals surface area contributed by atoms with Gasteiger partial charge in [-0.25, -0.2) is 4.39 Å². The van der Waals surface area contributed by atoms with Crippen LogP contribution in [0.3, 0.4) is 0 Å². The lowest BCUT2D eigenvalue weighted by Crippen LogP contribution is -2.61. The second-order valence-electron chi connectivity index (χ2n) is 8.25. The summed E-state index contributed by atoms with van der Waals surface area (Å²) in [6, 6.07) is 3.34. The number of alkyl halides is 6. The lowest BCUT2D eigenvalue weighted by atomic mass is 9.85. The van der Waals surface area contributed by atoms with Gasteiger partial charge in [0, 0.05) is 17.7 Å². The molecule has 1 unspecified atom stereocenters. The Balaban J connectivity index is 1.67. The number of halogens is 8. The average molecular weight is 538 g/mol. The van der Waals surface area contributed by atoms with E-state index in [9.17, 15) is 40.3 Å². The second-order valence-corrected chi connectivity index (χ2v) is 8.66. The number of amides is 2. The third-order valence-corrected chi connectivity index (χ3v) is 6.16. The number of rotatable bonds is 4. The van der Waals surface area contributed by atoms with Gasteiger partial charge in [-0.2, -0.15) is 26.3 Å². The fourth-order valence-corrected chi connectivity index (χ4v) is 4.04. The molecule has 192 valence electrons. The molecule has 1 fully saturated rings. The molecular weight excluding hydrogens is 523 g/mol. The highest BCUT2D eigenvalue weighted by atomic mass is 35.5. The molecule has 2 aromatic rings. The van der Waals surface area contributed by atoms with Crippen LogP contribution in [0.2, 0.25) is 5.02 Å². The van der Waals surface area contributed by atoms with Crippen LogP contribution in [0.15, 0.2) is 35.5 Å². The molecular formula is C22H15ClF7N3O3. The fourth-order valence-electron chi connectivity index (χ4n) is 3.82. The Morgan fingerprint density at radius 1 is 1.19 bits per heavy atom. The lowest BCUT2D eigenvalue weighted by Gasteiger charge is -2.30. The topological polar surface area (TPSA) is 79.8 Å². The maximum Gasteiger partial charge on any atom is 0.435 e. The van der Waals surface area contributed by atoms with E-state index in [0.717, 1.165) is 0 Å². The molecule has 2 aliphatic rings. The Morgan fingerprint density at radius 2 is 1.89 bits per heavy atom. The molecule has 0 saturated carbocycles. The molecule has 0 aliphatic carbocycles. The van der Waals surface area contributed by atoms with Crippen molar-refractivity contribution in [3.8, 4) is 0 Å². The quantitative estimate of drug-likeness (QED) is 0.441.